The van der Waals surface area contributed by atoms with Gasteiger partial charge in [0.25, 0.3) is 0 Å². The van der Waals surface area contributed by atoms with E-state index < -0.39 is 22.8 Å². The summed E-state index contributed by atoms with van der Waals surface area (Å²) in [5.41, 5.74) is 6.60. The zero-order valence-corrected chi connectivity index (χ0v) is 26.7. The second-order valence-corrected chi connectivity index (χ2v) is 13.8. The van der Waals surface area contributed by atoms with Gasteiger partial charge in [-0.1, -0.05) is 19.3 Å². The maximum Gasteiger partial charge on any atom is 0.307 e. The lowest BCUT2D eigenvalue weighted by Gasteiger charge is -2.46. The normalized spacial score (nSPS) is 18.4. The molecular formula is C35H48FNO5. The van der Waals surface area contributed by atoms with Crippen molar-refractivity contribution in [2.45, 2.75) is 130 Å². The van der Waals surface area contributed by atoms with Crippen LogP contribution in [0.2, 0.25) is 0 Å². The molecule has 2 aliphatic heterocycles. The lowest BCUT2D eigenvalue weighted by molar-refractivity contribution is -0.141. The van der Waals surface area contributed by atoms with E-state index in [9.17, 15) is 14.7 Å². The minimum Gasteiger partial charge on any atom is -0.490 e. The van der Waals surface area contributed by atoms with Crippen LogP contribution in [0.25, 0.3) is 11.1 Å². The Morgan fingerprint density at radius 3 is 2.26 bits per heavy atom. The number of aliphatic carboxylic acids is 1. The summed E-state index contributed by atoms with van der Waals surface area (Å²) in [5.74, 6) is -0.885. The van der Waals surface area contributed by atoms with Gasteiger partial charge in [-0.3, -0.25) is 9.59 Å². The molecule has 0 saturated heterocycles. The standard InChI is InChI=1S/C31H38FNO4.C4H10O/c1-17-21-12-9-13-37-29(21)25(32)14-22(17)27-18(2)24-16-33(20-10-7-6-8-11-20)30(36)31(4,5)28(24)19(3)23(27)15-26(34)35;1-4(2,3)5/h14,20H,6-13,15-16H2,1-5H3,(H,34,35);5H,1-3H3. The third kappa shape index (κ3) is 6.22. The van der Waals surface area contributed by atoms with E-state index in [1.54, 1.807) is 20.8 Å². The van der Waals surface area contributed by atoms with Crippen molar-refractivity contribution < 1.29 is 28.9 Å². The van der Waals surface area contributed by atoms with E-state index in [2.05, 4.69) is 4.90 Å². The molecule has 0 unspecified atom stereocenters. The molecule has 5 rings (SSSR count). The fourth-order valence-electron chi connectivity index (χ4n) is 7.22. The van der Waals surface area contributed by atoms with Gasteiger partial charge in [-0.2, -0.15) is 0 Å². The van der Waals surface area contributed by atoms with Crippen molar-refractivity contribution in [3.8, 4) is 16.9 Å². The SMILES string of the molecule is CC(C)(C)O.Cc1c(-c2c(C)c3c(c(C)c2CC(=O)O)C(C)(C)C(=O)N(C2CCCCC2)C3)cc(F)c2c1CCCO2. The van der Waals surface area contributed by atoms with E-state index in [1.165, 1.54) is 12.5 Å². The quantitative estimate of drug-likeness (QED) is 0.402. The molecule has 2 N–H and O–H groups in total. The molecule has 2 aromatic rings. The van der Waals surface area contributed by atoms with E-state index in [0.29, 0.717) is 24.5 Å². The maximum atomic E-state index is 15.3. The van der Waals surface area contributed by atoms with Crippen LogP contribution in [0.1, 0.15) is 112 Å². The lowest BCUT2D eigenvalue weighted by Crippen LogP contribution is -2.53. The molecule has 0 radical (unpaired) electrons. The van der Waals surface area contributed by atoms with Crippen LogP contribution >= 0.6 is 0 Å². The molecule has 0 atom stereocenters. The number of hydrogen-bond acceptors (Lipinski definition) is 4. The first-order valence-electron chi connectivity index (χ1n) is 15.4. The molecule has 7 heteroatoms. The van der Waals surface area contributed by atoms with Crippen LogP contribution in [0.4, 0.5) is 4.39 Å². The fraction of sp³-hybridized carbons (Fsp3) is 0.600. The molecule has 1 saturated carbocycles. The molecule has 230 valence electrons. The Hall–Kier alpha value is -2.93. The lowest BCUT2D eigenvalue weighted by atomic mass is 9.69. The monoisotopic (exact) mass is 581 g/mol. The molecule has 0 aromatic heterocycles. The fourth-order valence-corrected chi connectivity index (χ4v) is 7.22. The Morgan fingerprint density at radius 1 is 1.05 bits per heavy atom. The topological polar surface area (TPSA) is 87.1 Å². The average molecular weight is 582 g/mol. The highest BCUT2D eigenvalue weighted by Gasteiger charge is 2.45. The van der Waals surface area contributed by atoms with Crippen molar-refractivity contribution in [2.24, 2.45) is 0 Å². The predicted molar refractivity (Wildman–Crippen MR) is 164 cm³/mol. The Balaban J connectivity index is 0.000000748. The maximum absolute atomic E-state index is 15.3. The Bertz CT molecular complexity index is 1380. The van der Waals surface area contributed by atoms with E-state index in [1.807, 2.05) is 34.6 Å². The molecule has 1 fully saturated rings. The van der Waals surface area contributed by atoms with Gasteiger partial charge < -0.3 is 19.8 Å². The number of ether oxygens (including phenoxy) is 1. The number of nitrogens with zero attached hydrogens (tertiary/aromatic N) is 1. The third-order valence-electron chi connectivity index (χ3n) is 9.06. The van der Waals surface area contributed by atoms with Crippen LogP contribution in [0.15, 0.2) is 6.07 Å². The van der Waals surface area contributed by atoms with Crippen molar-refractivity contribution in [1.29, 1.82) is 0 Å². The zero-order valence-electron chi connectivity index (χ0n) is 26.7. The third-order valence-corrected chi connectivity index (χ3v) is 9.06. The highest BCUT2D eigenvalue weighted by Crippen LogP contribution is 2.47. The molecule has 1 aliphatic carbocycles. The summed E-state index contributed by atoms with van der Waals surface area (Å²) in [6.45, 7) is 16.2. The average Bonchev–Trinajstić information content (AvgIpc) is 2.90. The van der Waals surface area contributed by atoms with Gasteiger partial charge >= 0.3 is 5.97 Å². The van der Waals surface area contributed by atoms with E-state index >= 15 is 4.39 Å². The molecule has 42 heavy (non-hydrogen) atoms. The van der Waals surface area contributed by atoms with Crippen molar-refractivity contribution in [2.75, 3.05) is 6.61 Å². The van der Waals surface area contributed by atoms with Gasteiger partial charge in [0.15, 0.2) is 11.6 Å². The number of amides is 1. The number of hydrogen-bond donors (Lipinski definition) is 2. The summed E-state index contributed by atoms with van der Waals surface area (Å²) < 4.78 is 21.0. The summed E-state index contributed by atoms with van der Waals surface area (Å²) in [6, 6.07) is 1.76. The van der Waals surface area contributed by atoms with Crippen molar-refractivity contribution in [3.05, 3.63) is 50.8 Å². The molecule has 0 bridgehead atoms. The van der Waals surface area contributed by atoms with Gasteiger partial charge in [0.05, 0.1) is 24.0 Å². The smallest absolute Gasteiger partial charge is 0.307 e. The van der Waals surface area contributed by atoms with Gasteiger partial charge in [0, 0.05) is 18.2 Å². The Kier molecular flexibility index (Phi) is 9.13. The van der Waals surface area contributed by atoms with Crippen LogP contribution in [0.3, 0.4) is 0 Å². The number of carboxylic acids is 1. The number of benzene rings is 2. The molecule has 3 aliphatic rings. The second-order valence-electron chi connectivity index (χ2n) is 13.8. The van der Waals surface area contributed by atoms with Gasteiger partial charge in [-0.05, 0) is 132 Å². The van der Waals surface area contributed by atoms with Gasteiger partial charge in [-0.25, -0.2) is 4.39 Å². The summed E-state index contributed by atoms with van der Waals surface area (Å²) in [4.78, 5) is 28.0. The Morgan fingerprint density at radius 2 is 1.67 bits per heavy atom. The van der Waals surface area contributed by atoms with Crippen LogP contribution < -0.4 is 4.74 Å². The minimum absolute atomic E-state index is 0.122. The number of fused-ring (bicyclic) bond motifs is 2. The van der Waals surface area contributed by atoms with Gasteiger partial charge in [0.2, 0.25) is 5.91 Å². The molecule has 0 spiro atoms. The summed E-state index contributed by atoms with van der Waals surface area (Å²) in [5, 5.41) is 18.4. The number of halogens is 1. The van der Waals surface area contributed by atoms with Crippen molar-refractivity contribution >= 4 is 11.9 Å². The number of rotatable bonds is 4. The second kappa shape index (κ2) is 12.0. The van der Waals surface area contributed by atoms with Crippen LogP contribution in [-0.2, 0) is 34.4 Å². The highest BCUT2D eigenvalue weighted by atomic mass is 19.1. The van der Waals surface area contributed by atoms with Crippen molar-refractivity contribution in [3.63, 3.8) is 0 Å². The minimum atomic E-state index is -0.938. The first-order valence-corrected chi connectivity index (χ1v) is 15.4. The van der Waals surface area contributed by atoms with Gasteiger partial charge in [-0.15, -0.1) is 0 Å². The van der Waals surface area contributed by atoms with E-state index in [0.717, 1.165) is 83.0 Å². The summed E-state index contributed by atoms with van der Waals surface area (Å²) in [7, 11) is 0. The first-order chi connectivity index (χ1) is 19.5. The van der Waals surface area contributed by atoms with Gasteiger partial charge in [0.1, 0.15) is 0 Å². The summed E-state index contributed by atoms with van der Waals surface area (Å²) >= 11 is 0. The molecule has 2 heterocycles. The molecule has 1 amide bonds. The van der Waals surface area contributed by atoms with Crippen LogP contribution in [-0.4, -0.2) is 45.2 Å². The number of carbonyl (C=O) groups excluding carboxylic acids is 1. The van der Waals surface area contributed by atoms with E-state index in [4.69, 9.17) is 9.84 Å². The molecule has 6 nitrogen and oxygen atoms in total. The molecule has 2 aromatic carbocycles. The largest absolute Gasteiger partial charge is 0.490 e. The first kappa shape index (κ1) is 32.0. The Labute approximate surface area is 250 Å². The number of carbonyl (C=O) groups is 2. The zero-order chi connectivity index (χ0) is 31.1. The molecular weight excluding hydrogens is 533 g/mol. The predicted octanol–water partition coefficient (Wildman–Crippen LogP) is 7.10. The van der Waals surface area contributed by atoms with Crippen LogP contribution in [0, 0.1) is 26.6 Å². The summed E-state index contributed by atoms with van der Waals surface area (Å²) in [6.07, 6.45) is 6.92. The highest BCUT2D eigenvalue weighted by molar-refractivity contribution is 5.93. The van der Waals surface area contributed by atoms with Crippen LogP contribution in [0.5, 0.6) is 5.75 Å². The van der Waals surface area contributed by atoms with Crippen molar-refractivity contribution in [1.82, 2.24) is 4.90 Å². The number of carboxylic acid groups (broad SMARTS) is 1. The number of aliphatic hydroxyl groups is 1. The van der Waals surface area contributed by atoms with E-state index in [-0.39, 0.29) is 18.4 Å².